The van der Waals surface area contributed by atoms with Gasteiger partial charge in [-0.15, -0.1) is 0 Å². The topological polar surface area (TPSA) is 106 Å². The first-order chi connectivity index (χ1) is 10.4. The zero-order valence-corrected chi connectivity index (χ0v) is 12.1. The highest BCUT2D eigenvalue weighted by molar-refractivity contribution is 5.83. The number of carbonyl (C=O) groups excluding carboxylic acids is 1. The van der Waals surface area contributed by atoms with E-state index in [1.54, 1.807) is 19.1 Å². The van der Waals surface area contributed by atoms with E-state index in [4.69, 9.17) is 14.3 Å². The molecule has 22 heavy (non-hydrogen) atoms. The molecular formula is C15H15NO6. The van der Waals surface area contributed by atoms with Crippen molar-refractivity contribution < 1.29 is 23.8 Å². The molecular weight excluding hydrogens is 290 g/mol. The van der Waals surface area contributed by atoms with Crippen LogP contribution in [0.3, 0.4) is 0 Å². The Balaban J connectivity index is 2.13. The summed E-state index contributed by atoms with van der Waals surface area (Å²) in [5.41, 5.74) is 1.34. The molecule has 0 unspecified atom stereocenters. The first-order valence-corrected chi connectivity index (χ1v) is 6.54. The third-order valence-corrected chi connectivity index (χ3v) is 3.24. The van der Waals surface area contributed by atoms with Crippen molar-refractivity contribution in [3.05, 3.63) is 39.7 Å². The number of carboxylic acids is 1. The molecule has 0 radical (unpaired) electrons. The Morgan fingerprint density at radius 3 is 2.68 bits per heavy atom. The molecule has 1 amide bonds. The molecule has 2 aromatic rings. The smallest absolute Gasteiger partial charge is 0.339 e. The SMILES string of the molecule is Cc1c(C)c2ccc(OCC(=O)NCC(=O)O)cc2oc1=O. The zero-order valence-electron chi connectivity index (χ0n) is 12.1. The van der Waals surface area contributed by atoms with Gasteiger partial charge in [0.05, 0.1) is 0 Å². The van der Waals surface area contributed by atoms with Gasteiger partial charge in [-0.1, -0.05) is 0 Å². The van der Waals surface area contributed by atoms with Crippen LogP contribution in [-0.2, 0) is 9.59 Å². The number of benzene rings is 1. The number of ether oxygens (including phenoxy) is 1. The maximum absolute atomic E-state index is 11.7. The molecule has 1 aromatic carbocycles. The molecule has 7 nitrogen and oxygen atoms in total. The van der Waals surface area contributed by atoms with Gasteiger partial charge in [-0.25, -0.2) is 4.79 Å². The summed E-state index contributed by atoms with van der Waals surface area (Å²) in [5.74, 6) is -1.33. The van der Waals surface area contributed by atoms with Gasteiger partial charge in [0.1, 0.15) is 17.9 Å². The van der Waals surface area contributed by atoms with Gasteiger partial charge in [0, 0.05) is 17.0 Å². The summed E-state index contributed by atoms with van der Waals surface area (Å²) < 4.78 is 10.4. The lowest BCUT2D eigenvalue weighted by Crippen LogP contribution is -2.33. The van der Waals surface area contributed by atoms with Gasteiger partial charge in [0.2, 0.25) is 0 Å². The fraction of sp³-hybridized carbons (Fsp3) is 0.267. The molecule has 0 saturated carbocycles. The Bertz CT molecular complexity index is 792. The third kappa shape index (κ3) is 3.43. The molecule has 2 rings (SSSR count). The standard InChI is InChI=1S/C15H15NO6/c1-8-9(2)15(20)22-12-5-10(3-4-11(8)12)21-7-13(17)16-6-14(18)19/h3-5H,6-7H2,1-2H3,(H,16,17)(H,18,19). The minimum atomic E-state index is -1.13. The van der Waals surface area contributed by atoms with Crippen LogP contribution in [-0.4, -0.2) is 30.1 Å². The van der Waals surface area contributed by atoms with E-state index in [0.717, 1.165) is 10.9 Å². The summed E-state index contributed by atoms with van der Waals surface area (Å²) in [7, 11) is 0. The van der Waals surface area contributed by atoms with Crippen molar-refractivity contribution in [1.82, 2.24) is 5.32 Å². The Morgan fingerprint density at radius 1 is 1.27 bits per heavy atom. The largest absolute Gasteiger partial charge is 0.484 e. The predicted molar refractivity (Wildman–Crippen MR) is 78.1 cm³/mol. The number of carbonyl (C=O) groups is 2. The number of aryl methyl sites for hydroxylation is 1. The van der Waals surface area contributed by atoms with E-state index < -0.39 is 24.0 Å². The molecule has 0 aliphatic carbocycles. The van der Waals surface area contributed by atoms with E-state index in [1.807, 2.05) is 6.92 Å². The van der Waals surface area contributed by atoms with Crippen LogP contribution < -0.4 is 15.7 Å². The van der Waals surface area contributed by atoms with Gasteiger partial charge in [-0.05, 0) is 31.5 Å². The fourth-order valence-corrected chi connectivity index (χ4v) is 1.89. The predicted octanol–water partition coefficient (Wildman–Crippen LogP) is 0.989. The van der Waals surface area contributed by atoms with Crippen molar-refractivity contribution in [2.75, 3.05) is 13.2 Å². The molecule has 0 aliphatic heterocycles. The number of aliphatic carboxylic acids is 1. The maximum atomic E-state index is 11.7. The summed E-state index contributed by atoms with van der Waals surface area (Å²) in [6.45, 7) is 2.73. The third-order valence-electron chi connectivity index (χ3n) is 3.24. The number of rotatable bonds is 5. The van der Waals surface area contributed by atoms with Gasteiger partial charge < -0.3 is 19.6 Å². The van der Waals surface area contributed by atoms with Gasteiger partial charge >= 0.3 is 11.6 Å². The second-order valence-electron chi connectivity index (χ2n) is 4.76. The lowest BCUT2D eigenvalue weighted by atomic mass is 10.1. The van der Waals surface area contributed by atoms with Crippen LogP contribution in [0.5, 0.6) is 5.75 Å². The number of fused-ring (bicyclic) bond motifs is 1. The summed E-state index contributed by atoms with van der Waals surface area (Å²) in [6.07, 6.45) is 0. The van der Waals surface area contributed by atoms with Crippen LogP contribution in [0.1, 0.15) is 11.1 Å². The van der Waals surface area contributed by atoms with Crippen LogP contribution in [0.4, 0.5) is 0 Å². The van der Waals surface area contributed by atoms with Crippen molar-refractivity contribution in [2.45, 2.75) is 13.8 Å². The number of nitrogens with one attached hydrogen (secondary N) is 1. The number of hydrogen-bond donors (Lipinski definition) is 2. The lowest BCUT2D eigenvalue weighted by Gasteiger charge is -2.08. The van der Waals surface area contributed by atoms with E-state index in [-0.39, 0.29) is 6.61 Å². The van der Waals surface area contributed by atoms with E-state index in [9.17, 15) is 14.4 Å². The van der Waals surface area contributed by atoms with Crippen LogP contribution in [0, 0.1) is 13.8 Å². The van der Waals surface area contributed by atoms with Crippen molar-refractivity contribution >= 4 is 22.8 Å². The lowest BCUT2D eigenvalue weighted by molar-refractivity contribution is -0.138. The quantitative estimate of drug-likeness (QED) is 0.798. The van der Waals surface area contributed by atoms with Crippen LogP contribution >= 0.6 is 0 Å². The molecule has 1 aromatic heterocycles. The molecule has 0 spiro atoms. The molecule has 0 bridgehead atoms. The highest BCUT2D eigenvalue weighted by Crippen LogP contribution is 2.23. The Hall–Kier alpha value is -2.83. The number of carboxylic acid groups (broad SMARTS) is 1. The Kier molecular flexibility index (Phi) is 4.45. The average molecular weight is 305 g/mol. The van der Waals surface area contributed by atoms with E-state index in [0.29, 0.717) is 16.9 Å². The van der Waals surface area contributed by atoms with Gasteiger partial charge in [-0.2, -0.15) is 0 Å². The number of amides is 1. The normalized spacial score (nSPS) is 10.5. The monoisotopic (exact) mass is 305 g/mol. The summed E-state index contributed by atoms with van der Waals surface area (Å²) in [4.78, 5) is 33.3. The van der Waals surface area contributed by atoms with Gasteiger partial charge in [0.25, 0.3) is 5.91 Å². The van der Waals surface area contributed by atoms with E-state index in [1.165, 1.54) is 6.07 Å². The number of hydrogen-bond acceptors (Lipinski definition) is 5. The van der Waals surface area contributed by atoms with Crippen LogP contribution in [0.25, 0.3) is 11.0 Å². The summed E-state index contributed by atoms with van der Waals surface area (Å²) in [6, 6.07) is 4.91. The van der Waals surface area contributed by atoms with Crippen LogP contribution in [0.15, 0.2) is 27.4 Å². The molecule has 0 fully saturated rings. The molecule has 2 N–H and O–H groups in total. The first-order valence-electron chi connectivity index (χ1n) is 6.54. The van der Waals surface area contributed by atoms with E-state index >= 15 is 0 Å². The van der Waals surface area contributed by atoms with Crippen molar-refractivity contribution in [3.63, 3.8) is 0 Å². The van der Waals surface area contributed by atoms with Gasteiger partial charge in [-0.3, -0.25) is 9.59 Å². The second kappa shape index (κ2) is 6.30. The summed E-state index contributed by atoms with van der Waals surface area (Å²) in [5, 5.41) is 11.4. The van der Waals surface area contributed by atoms with Crippen molar-refractivity contribution in [2.24, 2.45) is 0 Å². The molecule has 116 valence electrons. The first kappa shape index (κ1) is 15.6. The van der Waals surface area contributed by atoms with Crippen LogP contribution in [0.2, 0.25) is 0 Å². The molecule has 0 atom stereocenters. The Morgan fingerprint density at radius 2 is 2.00 bits per heavy atom. The Labute approximate surface area is 125 Å². The fourth-order valence-electron chi connectivity index (χ4n) is 1.89. The summed E-state index contributed by atoms with van der Waals surface area (Å²) >= 11 is 0. The highest BCUT2D eigenvalue weighted by Gasteiger charge is 2.09. The minimum absolute atomic E-state index is 0.326. The van der Waals surface area contributed by atoms with Crippen molar-refractivity contribution in [1.29, 1.82) is 0 Å². The maximum Gasteiger partial charge on any atom is 0.339 e. The molecule has 0 saturated heterocycles. The minimum Gasteiger partial charge on any atom is -0.484 e. The van der Waals surface area contributed by atoms with E-state index in [2.05, 4.69) is 5.32 Å². The highest BCUT2D eigenvalue weighted by atomic mass is 16.5. The molecule has 7 heteroatoms. The molecule has 0 aliphatic rings. The second-order valence-corrected chi connectivity index (χ2v) is 4.76. The van der Waals surface area contributed by atoms with Gasteiger partial charge in [0.15, 0.2) is 6.61 Å². The average Bonchev–Trinajstić information content (AvgIpc) is 2.48. The van der Waals surface area contributed by atoms with Crippen molar-refractivity contribution in [3.8, 4) is 5.75 Å². The zero-order chi connectivity index (χ0) is 16.3. The molecule has 1 heterocycles.